The number of benzene rings is 1. The zero-order valence-corrected chi connectivity index (χ0v) is 18.4. The van der Waals surface area contributed by atoms with Gasteiger partial charge in [0.25, 0.3) is 0 Å². The van der Waals surface area contributed by atoms with Crippen LogP contribution in [0, 0.1) is 0 Å². The Labute approximate surface area is 183 Å². The Morgan fingerprint density at radius 2 is 1.88 bits per heavy atom. The third-order valence-electron chi connectivity index (χ3n) is 5.13. The number of aromatic nitrogens is 4. The lowest BCUT2D eigenvalue weighted by atomic mass is 10.1. The molecule has 1 fully saturated rings. The molecule has 13 heteroatoms. The molecular weight excluding hydrogens is 441 g/mol. The summed E-state index contributed by atoms with van der Waals surface area (Å²) in [5, 5.41) is 0. The maximum absolute atomic E-state index is 12.3. The van der Waals surface area contributed by atoms with Gasteiger partial charge in [0.1, 0.15) is 30.2 Å². The van der Waals surface area contributed by atoms with Gasteiger partial charge in [0.15, 0.2) is 17.7 Å². The van der Waals surface area contributed by atoms with Crippen LogP contribution >= 0.6 is 7.82 Å². The van der Waals surface area contributed by atoms with Gasteiger partial charge in [0, 0.05) is 14.2 Å². The first-order valence-corrected chi connectivity index (χ1v) is 11.2. The molecule has 1 aliphatic heterocycles. The fraction of sp³-hybridized carbons (Fsp3) is 0.421. The van der Waals surface area contributed by atoms with Gasteiger partial charge in [0.05, 0.1) is 19.5 Å². The normalized spacial score (nSPS) is 25.2. The summed E-state index contributed by atoms with van der Waals surface area (Å²) in [7, 11) is -1.33. The predicted molar refractivity (Wildman–Crippen MR) is 112 cm³/mol. The number of methoxy groups -OCH3 is 2. The number of anilines is 1. The van der Waals surface area contributed by atoms with E-state index in [9.17, 15) is 9.46 Å². The summed E-state index contributed by atoms with van der Waals surface area (Å²) >= 11 is 0. The standard InChI is InChI=1S/C19H24N5O7P/c1-27-15-13(9-30-32(25,26)29-8-12-6-4-3-5-7-12)31-19(16(15)28-2)24-11-23-14-17(20)21-10-22-18(14)24/h3-7,10-11,13,15-16,19H,8-9H2,1-2H3,(H,25,26)(H2,20,21,22)/t13-,15?,16+,19-/m1/s1. The molecule has 0 aliphatic carbocycles. The van der Waals surface area contributed by atoms with Crippen LogP contribution in [0.25, 0.3) is 11.2 Å². The van der Waals surface area contributed by atoms with E-state index in [4.69, 9.17) is 29.0 Å². The Morgan fingerprint density at radius 1 is 1.12 bits per heavy atom. The Hall–Kier alpha value is -2.44. The number of fused-ring (bicyclic) bond motifs is 1. The van der Waals surface area contributed by atoms with Crippen LogP contribution in [0.1, 0.15) is 11.8 Å². The molecule has 3 heterocycles. The van der Waals surface area contributed by atoms with Crippen LogP contribution in [0.15, 0.2) is 43.0 Å². The Kier molecular flexibility index (Phi) is 6.82. The third-order valence-corrected chi connectivity index (χ3v) is 6.06. The Bertz CT molecular complexity index is 1100. The molecule has 0 amide bonds. The SMILES string of the molecule is COC1[C@@H](COP(=O)(O)OCc2ccccc2)O[C@@H](n2cnc3c(N)ncnc32)[C@H]1OC. The molecule has 0 radical (unpaired) electrons. The van der Waals surface area contributed by atoms with Crippen molar-refractivity contribution in [2.75, 3.05) is 26.6 Å². The summed E-state index contributed by atoms with van der Waals surface area (Å²) in [5.74, 6) is 0.237. The van der Waals surface area contributed by atoms with Crippen molar-refractivity contribution in [3.8, 4) is 0 Å². The second-order valence-electron chi connectivity index (χ2n) is 7.07. The maximum Gasteiger partial charge on any atom is 0.472 e. The molecular formula is C19H24N5O7P. The van der Waals surface area contributed by atoms with Crippen LogP contribution < -0.4 is 5.73 Å². The van der Waals surface area contributed by atoms with E-state index in [1.165, 1.54) is 26.9 Å². The van der Waals surface area contributed by atoms with Crippen LogP contribution in [-0.2, 0) is 34.4 Å². The van der Waals surface area contributed by atoms with E-state index >= 15 is 0 Å². The highest BCUT2D eigenvalue weighted by atomic mass is 31.2. The largest absolute Gasteiger partial charge is 0.472 e. The number of phosphoric acid groups is 1. The number of nitrogen functional groups attached to an aromatic ring is 1. The average molecular weight is 465 g/mol. The van der Waals surface area contributed by atoms with E-state index in [0.717, 1.165) is 5.56 Å². The van der Waals surface area contributed by atoms with Gasteiger partial charge < -0.3 is 24.8 Å². The van der Waals surface area contributed by atoms with Crippen LogP contribution in [0.5, 0.6) is 0 Å². The van der Waals surface area contributed by atoms with Gasteiger partial charge in [-0.15, -0.1) is 0 Å². The minimum atomic E-state index is -4.33. The lowest BCUT2D eigenvalue weighted by molar-refractivity contribution is -0.0585. The molecule has 12 nitrogen and oxygen atoms in total. The summed E-state index contributed by atoms with van der Waals surface area (Å²) < 4.78 is 41.5. The van der Waals surface area contributed by atoms with Crippen LogP contribution in [0.3, 0.4) is 0 Å². The van der Waals surface area contributed by atoms with E-state index in [1.54, 1.807) is 28.8 Å². The number of hydrogen-bond donors (Lipinski definition) is 2. The molecule has 4 rings (SSSR count). The van der Waals surface area contributed by atoms with Crippen molar-refractivity contribution in [2.45, 2.75) is 31.1 Å². The van der Waals surface area contributed by atoms with Crippen molar-refractivity contribution >= 4 is 24.8 Å². The molecule has 1 saturated heterocycles. The number of ether oxygens (including phenoxy) is 3. The number of phosphoric ester groups is 1. The van der Waals surface area contributed by atoms with Gasteiger partial charge in [-0.3, -0.25) is 13.6 Å². The lowest BCUT2D eigenvalue weighted by Crippen LogP contribution is -2.36. The van der Waals surface area contributed by atoms with Crippen LogP contribution in [0.2, 0.25) is 0 Å². The first kappa shape index (κ1) is 22.7. The predicted octanol–water partition coefficient (Wildman–Crippen LogP) is 1.67. The summed E-state index contributed by atoms with van der Waals surface area (Å²) in [6.45, 7) is -0.333. The molecule has 0 bridgehead atoms. The zero-order chi connectivity index (χ0) is 22.7. The van der Waals surface area contributed by atoms with Crippen molar-refractivity contribution in [1.82, 2.24) is 19.5 Å². The van der Waals surface area contributed by atoms with E-state index in [0.29, 0.717) is 11.2 Å². The van der Waals surface area contributed by atoms with Crippen molar-refractivity contribution in [3.05, 3.63) is 48.5 Å². The first-order chi connectivity index (χ1) is 15.4. The Morgan fingerprint density at radius 3 is 2.59 bits per heavy atom. The van der Waals surface area contributed by atoms with Crippen molar-refractivity contribution < 1.29 is 32.7 Å². The van der Waals surface area contributed by atoms with Crippen LogP contribution in [0.4, 0.5) is 5.82 Å². The smallest absolute Gasteiger partial charge is 0.382 e. The van der Waals surface area contributed by atoms with Gasteiger partial charge in [-0.25, -0.2) is 19.5 Å². The molecule has 2 aromatic heterocycles. The number of imidazole rings is 1. The quantitative estimate of drug-likeness (QED) is 0.444. The summed E-state index contributed by atoms with van der Waals surface area (Å²) in [4.78, 5) is 22.5. The molecule has 0 spiro atoms. The second kappa shape index (κ2) is 9.59. The molecule has 1 aliphatic rings. The summed E-state index contributed by atoms with van der Waals surface area (Å²) in [6, 6.07) is 9.01. The maximum atomic E-state index is 12.3. The third kappa shape index (κ3) is 4.66. The second-order valence-corrected chi connectivity index (χ2v) is 8.53. The number of hydrogen-bond acceptors (Lipinski definition) is 10. The topological polar surface area (TPSA) is 153 Å². The monoisotopic (exact) mass is 465 g/mol. The molecule has 3 N–H and O–H groups in total. The van der Waals surface area contributed by atoms with E-state index in [1.807, 2.05) is 6.07 Å². The van der Waals surface area contributed by atoms with Gasteiger partial charge in [-0.05, 0) is 5.56 Å². The van der Waals surface area contributed by atoms with Crippen LogP contribution in [-0.4, -0.2) is 63.6 Å². The average Bonchev–Trinajstić information content (AvgIpc) is 3.38. The number of rotatable bonds is 9. The summed E-state index contributed by atoms with van der Waals surface area (Å²) in [5.41, 5.74) is 7.49. The molecule has 3 aromatic rings. The molecule has 172 valence electrons. The fourth-order valence-electron chi connectivity index (χ4n) is 3.59. The van der Waals surface area contributed by atoms with Crippen molar-refractivity contribution in [3.63, 3.8) is 0 Å². The molecule has 2 unspecified atom stereocenters. The minimum Gasteiger partial charge on any atom is -0.382 e. The highest BCUT2D eigenvalue weighted by molar-refractivity contribution is 7.47. The highest BCUT2D eigenvalue weighted by Crippen LogP contribution is 2.45. The van der Waals surface area contributed by atoms with Gasteiger partial charge in [0.2, 0.25) is 0 Å². The number of nitrogens with two attached hydrogens (primary N) is 1. The van der Waals surface area contributed by atoms with Gasteiger partial charge in [-0.1, -0.05) is 30.3 Å². The Balaban J connectivity index is 1.47. The first-order valence-electron chi connectivity index (χ1n) is 9.73. The highest BCUT2D eigenvalue weighted by Gasteiger charge is 2.47. The summed E-state index contributed by atoms with van der Waals surface area (Å²) in [6.07, 6.45) is 0.241. The molecule has 0 saturated carbocycles. The lowest BCUT2D eigenvalue weighted by Gasteiger charge is -2.22. The molecule has 32 heavy (non-hydrogen) atoms. The minimum absolute atomic E-state index is 0.0701. The fourth-order valence-corrected chi connectivity index (χ4v) is 4.32. The zero-order valence-electron chi connectivity index (χ0n) is 17.5. The van der Waals surface area contributed by atoms with Gasteiger partial charge in [-0.2, -0.15) is 0 Å². The number of nitrogens with zero attached hydrogens (tertiary/aromatic N) is 4. The van der Waals surface area contributed by atoms with E-state index in [-0.39, 0.29) is 19.0 Å². The molecule has 5 atom stereocenters. The van der Waals surface area contributed by atoms with E-state index < -0.39 is 32.4 Å². The van der Waals surface area contributed by atoms with E-state index in [2.05, 4.69) is 15.0 Å². The van der Waals surface area contributed by atoms with Crippen molar-refractivity contribution in [1.29, 1.82) is 0 Å². The molecule has 1 aromatic carbocycles. The van der Waals surface area contributed by atoms with Crippen molar-refractivity contribution in [2.24, 2.45) is 0 Å². The van der Waals surface area contributed by atoms with Gasteiger partial charge >= 0.3 is 7.82 Å².